The summed E-state index contributed by atoms with van der Waals surface area (Å²) in [6.45, 7) is 5.51. The number of imidazole rings is 1. The second-order valence-corrected chi connectivity index (χ2v) is 8.92. The van der Waals surface area contributed by atoms with Crippen molar-refractivity contribution in [2.45, 2.75) is 57.7 Å². The third-order valence-corrected chi connectivity index (χ3v) is 7.31. The lowest BCUT2D eigenvalue weighted by Crippen LogP contribution is -2.45. The molecule has 4 heteroatoms. The molecule has 1 aliphatic heterocycles. The Kier molecular flexibility index (Phi) is 5.62. The average Bonchev–Trinajstić information content (AvgIpc) is 3.17. The standard InChI is InChI=1S/C26H33N3O/c1-3-28-18-24(25(30-2)20-14-16-29(17-15-20)21-10-7-11-21)27-26(28)23-13-6-9-19-8-4-5-12-22(19)23/h4-6,8-9,12-13,18,20-21,25H,3,7,10-11,14-17H2,1-2H3. The Bertz CT molecular complexity index is 993. The van der Waals surface area contributed by atoms with Crippen molar-refractivity contribution >= 4 is 10.8 Å². The third kappa shape index (κ3) is 3.57. The second-order valence-electron chi connectivity index (χ2n) is 8.92. The van der Waals surface area contributed by atoms with Crippen LogP contribution in [-0.2, 0) is 11.3 Å². The van der Waals surface area contributed by atoms with Gasteiger partial charge in [0, 0.05) is 31.5 Å². The van der Waals surface area contributed by atoms with E-state index in [-0.39, 0.29) is 6.10 Å². The van der Waals surface area contributed by atoms with Crippen LogP contribution < -0.4 is 0 Å². The zero-order valence-electron chi connectivity index (χ0n) is 18.3. The number of ether oxygens (including phenoxy) is 1. The van der Waals surface area contributed by atoms with E-state index in [9.17, 15) is 0 Å². The van der Waals surface area contributed by atoms with Crippen molar-refractivity contribution in [1.82, 2.24) is 14.5 Å². The Hall–Kier alpha value is -2.17. The molecule has 2 aromatic carbocycles. The summed E-state index contributed by atoms with van der Waals surface area (Å²) in [5.41, 5.74) is 2.29. The molecule has 1 unspecified atom stereocenters. The molecule has 158 valence electrons. The fourth-order valence-electron chi connectivity index (χ4n) is 5.34. The van der Waals surface area contributed by atoms with Crippen LogP contribution in [0, 0.1) is 5.92 Å². The molecule has 0 radical (unpaired) electrons. The molecule has 2 aliphatic rings. The first-order chi connectivity index (χ1) is 14.8. The third-order valence-electron chi connectivity index (χ3n) is 7.31. The SMILES string of the molecule is CCn1cc(C(OC)C2CCN(C3CCC3)CC2)nc1-c1cccc2ccccc12. The van der Waals surface area contributed by atoms with Gasteiger partial charge in [0.05, 0.1) is 5.69 Å². The van der Waals surface area contributed by atoms with Gasteiger partial charge in [0.1, 0.15) is 11.9 Å². The molecule has 0 amide bonds. The van der Waals surface area contributed by atoms with Crippen LogP contribution >= 0.6 is 0 Å². The van der Waals surface area contributed by atoms with Crippen molar-refractivity contribution < 1.29 is 4.74 Å². The number of fused-ring (bicyclic) bond motifs is 1. The van der Waals surface area contributed by atoms with Crippen LogP contribution in [0.5, 0.6) is 0 Å². The zero-order chi connectivity index (χ0) is 20.5. The van der Waals surface area contributed by atoms with Gasteiger partial charge in [0.25, 0.3) is 0 Å². The predicted molar refractivity (Wildman–Crippen MR) is 123 cm³/mol. The maximum atomic E-state index is 6.05. The van der Waals surface area contributed by atoms with Crippen molar-refractivity contribution in [3.8, 4) is 11.4 Å². The molecule has 2 heterocycles. The largest absolute Gasteiger partial charge is 0.375 e. The summed E-state index contributed by atoms with van der Waals surface area (Å²) in [4.78, 5) is 7.86. The number of benzene rings is 2. The Morgan fingerprint density at radius 3 is 2.50 bits per heavy atom. The van der Waals surface area contributed by atoms with Crippen LogP contribution in [0.1, 0.15) is 50.8 Å². The fraction of sp³-hybridized carbons (Fsp3) is 0.500. The Morgan fingerprint density at radius 2 is 1.80 bits per heavy atom. The molecule has 4 nitrogen and oxygen atoms in total. The highest BCUT2D eigenvalue weighted by atomic mass is 16.5. The lowest BCUT2D eigenvalue weighted by molar-refractivity contribution is 0.00139. The van der Waals surface area contributed by atoms with Gasteiger partial charge in [0.15, 0.2) is 0 Å². The minimum absolute atomic E-state index is 0.0788. The Morgan fingerprint density at radius 1 is 1.03 bits per heavy atom. The van der Waals surface area contributed by atoms with E-state index < -0.39 is 0 Å². The highest BCUT2D eigenvalue weighted by Crippen LogP contribution is 2.37. The Labute approximate surface area is 179 Å². The van der Waals surface area contributed by atoms with Crippen LogP contribution in [0.15, 0.2) is 48.7 Å². The number of hydrogen-bond acceptors (Lipinski definition) is 3. The summed E-state index contributed by atoms with van der Waals surface area (Å²) in [5.74, 6) is 1.60. The van der Waals surface area contributed by atoms with Crippen molar-refractivity contribution in [2.24, 2.45) is 5.92 Å². The first-order valence-electron chi connectivity index (χ1n) is 11.6. The number of rotatable bonds is 6. The topological polar surface area (TPSA) is 30.3 Å². The van der Waals surface area contributed by atoms with Gasteiger partial charge in [-0.25, -0.2) is 4.98 Å². The molecule has 30 heavy (non-hydrogen) atoms. The normalized spacial score (nSPS) is 19.8. The van der Waals surface area contributed by atoms with Gasteiger partial charge < -0.3 is 14.2 Å². The van der Waals surface area contributed by atoms with E-state index in [0.29, 0.717) is 5.92 Å². The monoisotopic (exact) mass is 403 g/mol. The van der Waals surface area contributed by atoms with Gasteiger partial charge in [-0.05, 0) is 62.4 Å². The van der Waals surface area contributed by atoms with Crippen molar-refractivity contribution in [3.05, 3.63) is 54.4 Å². The number of nitrogens with zero attached hydrogens (tertiary/aromatic N) is 3. The van der Waals surface area contributed by atoms with E-state index in [2.05, 4.69) is 65.1 Å². The lowest BCUT2D eigenvalue weighted by atomic mass is 9.85. The maximum absolute atomic E-state index is 6.05. The van der Waals surface area contributed by atoms with Crippen molar-refractivity contribution in [3.63, 3.8) is 0 Å². The summed E-state index contributed by atoms with van der Waals surface area (Å²) in [6.07, 6.45) is 8.92. The van der Waals surface area contributed by atoms with Crippen LogP contribution in [0.25, 0.3) is 22.2 Å². The number of piperidine rings is 1. The summed E-state index contributed by atoms with van der Waals surface area (Å²) < 4.78 is 8.34. The van der Waals surface area contributed by atoms with Crippen LogP contribution in [0.4, 0.5) is 0 Å². The molecular weight excluding hydrogens is 370 g/mol. The summed E-state index contributed by atoms with van der Waals surface area (Å²) >= 11 is 0. The second kappa shape index (κ2) is 8.52. The number of hydrogen-bond donors (Lipinski definition) is 0. The molecule has 0 N–H and O–H groups in total. The summed E-state index contributed by atoms with van der Waals surface area (Å²) in [6, 6.07) is 15.9. The number of methoxy groups -OCH3 is 1. The first kappa shape index (κ1) is 19.8. The van der Waals surface area contributed by atoms with E-state index in [4.69, 9.17) is 9.72 Å². The molecule has 1 saturated carbocycles. The maximum Gasteiger partial charge on any atom is 0.140 e. The summed E-state index contributed by atoms with van der Waals surface area (Å²) in [5, 5.41) is 2.52. The van der Waals surface area contributed by atoms with Gasteiger partial charge in [0.2, 0.25) is 0 Å². The molecule has 1 aliphatic carbocycles. The Balaban J connectivity index is 1.42. The zero-order valence-corrected chi connectivity index (χ0v) is 18.3. The highest BCUT2D eigenvalue weighted by Gasteiger charge is 2.33. The molecule has 5 rings (SSSR count). The molecule has 1 saturated heterocycles. The molecule has 1 atom stereocenters. The minimum Gasteiger partial charge on any atom is -0.375 e. The van der Waals surface area contributed by atoms with Crippen molar-refractivity contribution in [2.75, 3.05) is 20.2 Å². The molecular formula is C26H33N3O. The number of aromatic nitrogens is 2. The number of likely N-dealkylation sites (tertiary alicyclic amines) is 1. The average molecular weight is 404 g/mol. The molecule has 0 spiro atoms. The van der Waals surface area contributed by atoms with E-state index >= 15 is 0 Å². The highest BCUT2D eigenvalue weighted by molar-refractivity contribution is 5.95. The molecule has 1 aromatic heterocycles. The minimum atomic E-state index is 0.0788. The van der Waals surface area contributed by atoms with Gasteiger partial charge in [-0.15, -0.1) is 0 Å². The van der Waals surface area contributed by atoms with Crippen LogP contribution in [0.3, 0.4) is 0 Å². The summed E-state index contributed by atoms with van der Waals surface area (Å²) in [7, 11) is 1.85. The quantitative estimate of drug-likeness (QED) is 0.531. The molecule has 3 aromatic rings. The van der Waals surface area contributed by atoms with E-state index in [1.165, 1.54) is 61.5 Å². The predicted octanol–water partition coefficient (Wildman–Crippen LogP) is 5.68. The molecule has 0 bridgehead atoms. The van der Waals surface area contributed by atoms with Gasteiger partial charge in [-0.1, -0.05) is 48.9 Å². The van der Waals surface area contributed by atoms with Gasteiger partial charge in [-0.3, -0.25) is 0 Å². The van der Waals surface area contributed by atoms with E-state index in [1.54, 1.807) is 0 Å². The van der Waals surface area contributed by atoms with E-state index in [0.717, 1.165) is 24.1 Å². The van der Waals surface area contributed by atoms with Crippen LogP contribution in [-0.4, -0.2) is 40.7 Å². The lowest BCUT2D eigenvalue weighted by Gasteiger charge is -2.42. The van der Waals surface area contributed by atoms with Crippen LogP contribution in [0.2, 0.25) is 0 Å². The smallest absolute Gasteiger partial charge is 0.140 e. The number of aryl methyl sites for hydroxylation is 1. The fourth-order valence-corrected chi connectivity index (χ4v) is 5.34. The van der Waals surface area contributed by atoms with Crippen molar-refractivity contribution in [1.29, 1.82) is 0 Å². The van der Waals surface area contributed by atoms with Gasteiger partial charge in [-0.2, -0.15) is 0 Å². The van der Waals surface area contributed by atoms with E-state index in [1.807, 2.05) is 7.11 Å². The van der Waals surface area contributed by atoms with Gasteiger partial charge >= 0.3 is 0 Å². The first-order valence-corrected chi connectivity index (χ1v) is 11.6. The molecule has 2 fully saturated rings.